The van der Waals surface area contributed by atoms with Gasteiger partial charge in [-0.15, -0.1) is 0 Å². The number of hydrogen-bond donors (Lipinski definition) is 1. The Morgan fingerprint density at radius 1 is 1.17 bits per heavy atom. The number of carbonyl (C=O) groups is 1. The summed E-state index contributed by atoms with van der Waals surface area (Å²) in [6.07, 6.45) is 0.170. The van der Waals surface area contributed by atoms with Crippen molar-refractivity contribution < 1.29 is 18.3 Å². The van der Waals surface area contributed by atoms with Crippen molar-refractivity contribution in [2.45, 2.75) is 26.0 Å². The molecule has 0 bridgehead atoms. The van der Waals surface area contributed by atoms with Gasteiger partial charge < -0.3 is 10.1 Å². The van der Waals surface area contributed by atoms with Crippen LogP contribution in [0.3, 0.4) is 0 Å². The first kappa shape index (κ1) is 17.4. The molecule has 23 heavy (non-hydrogen) atoms. The monoisotopic (exact) mass is 383 g/mol. The molecule has 2 rings (SSSR count). The standard InChI is InChI=1S/C17H16BrF2NO2/c1-11(14-4-2-3-5-15(14)18)21-16(22)10-12-6-8-13(9-7-12)23-17(19)20/h2-9,11,17H,10H2,1H3,(H,21,22). The topological polar surface area (TPSA) is 38.3 Å². The molecule has 0 fully saturated rings. The van der Waals surface area contributed by atoms with Crippen LogP contribution in [0, 0.1) is 0 Å². The molecule has 3 nitrogen and oxygen atoms in total. The van der Waals surface area contributed by atoms with Crippen LogP contribution in [0.4, 0.5) is 8.78 Å². The zero-order valence-electron chi connectivity index (χ0n) is 12.4. The lowest BCUT2D eigenvalue weighted by atomic mass is 10.1. The molecule has 0 aliphatic heterocycles. The molecule has 1 amide bonds. The van der Waals surface area contributed by atoms with Crippen LogP contribution >= 0.6 is 15.9 Å². The second-order valence-corrected chi connectivity index (χ2v) is 5.86. The number of halogens is 3. The molecule has 0 aliphatic carbocycles. The van der Waals surface area contributed by atoms with E-state index in [4.69, 9.17) is 0 Å². The van der Waals surface area contributed by atoms with Crippen molar-refractivity contribution in [2.24, 2.45) is 0 Å². The first-order valence-corrected chi connectivity index (χ1v) is 7.82. The summed E-state index contributed by atoms with van der Waals surface area (Å²) in [7, 11) is 0. The Kier molecular flexibility index (Phi) is 6.10. The van der Waals surface area contributed by atoms with Gasteiger partial charge in [0.15, 0.2) is 0 Å². The summed E-state index contributed by atoms with van der Waals surface area (Å²) in [5.74, 6) is -0.0680. The van der Waals surface area contributed by atoms with Gasteiger partial charge in [-0.25, -0.2) is 0 Å². The van der Waals surface area contributed by atoms with Gasteiger partial charge in [-0.2, -0.15) is 8.78 Å². The maximum absolute atomic E-state index is 12.1. The molecular weight excluding hydrogens is 368 g/mol. The van der Waals surface area contributed by atoms with Gasteiger partial charge in [0.05, 0.1) is 12.5 Å². The second kappa shape index (κ2) is 8.06. The number of carbonyl (C=O) groups excluding carboxylic acids is 1. The summed E-state index contributed by atoms with van der Waals surface area (Å²) in [6, 6.07) is 13.6. The summed E-state index contributed by atoms with van der Waals surface area (Å²) in [6.45, 7) is -0.952. The third kappa shape index (κ3) is 5.32. The van der Waals surface area contributed by atoms with E-state index in [0.717, 1.165) is 15.6 Å². The fraction of sp³-hybridized carbons (Fsp3) is 0.235. The van der Waals surface area contributed by atoms with Gasteiger partial charge in [0, 0.05) is 4.47 Å². The predicted molar refractivity (Wildman–Crippen MR) is 87.5 cm³/mol. The molecule has 0 heterocycles. The highest BCUT2D eigenvalue weighted by atomic mass is 79.9. The minimum atomic E-state index is -2.85. The first-order valence-electron chi connectivity index (χ1n) is 7.03. The highest BCUT2D eigenvalue weighted by Gasteiger charge is 2.12. The highest BCUT2D eigenvalue weighted by Crippen LogP contribution is 2.23. The Labute approximate surface area is 141 Å². The zero-order valence-corrected chi connectivity index (χ0v) is 14.0. The molecule has 1 N–H and O–H groups in total. The van der Waals surface area contributed by atoms with Crippen molar-refractivity contribution in [1.29, 1.82) is 0 Å². The van der Waals surface area contributed by atoms with Crippen molar-refractivity contribution in [3.05, 3.63) is 64.1 Å². The zero-order chi connectivity index (χ0) is 16.8. The molecule has 0 saturated heterocycles. The number of rotatable bonds is 6. The van der Waals surface area contributed by atoms with Crippen LogP contribution in [0.25, 0.3) is 0 Å². The third-order valence-corrected chi connectivity index (χ3v) is 3.98. The second-order valence-electron chi connectivity index (χ2n) is 5.01. The van der Waals surface area contributed by atoms with E-state index in [2.05, 4.69) is 26.0 Å². The van der Waals surface area contributed by atoms with Crippen LogP contribution in [0.15, 0.2) is 53.0 Å². The van der Waals surface area contributed by atoms with Gasteiger partial charge >= 0.3 is 6.61 Å². The quantitative estimate of drug-likeness (QED) is 0.798. The summed E-state index contributed by atoms with van der Waals surface area (Å²) >= 11 is 3.45. The van der Waals surface area contributed by atoms with Gasteiger partial charge in [-0.1, -0.05) is 46.3 Å². The summed E-state index contributed by atoms with van der Waals surface area (Å²) in [5, 5.41) is 2.91. The van der Waals surface area contributed by atoms with Crippen LogP contribution in [-0.4, -0.2) is 12.5 Å². The van der Waals surface area contributed by atoms with Crippen LogP contribution < -0.4 is 10.1 Å². The largest absolute Gasteiger partial charge is 0.435 e. The summed E-state index contributed by atoms with van der Waals surface area (Å²) in [4.78, 5) is 12.1. The van der Waals surface area contributed by atoms with Crippen LogP contribution in [0.5, 0.6) is 5.75 Å². The van der Waals surface area contributed by atoms with Gasteiger partial charge in [0.1, 0.15) is 5.75 Å². The lowest BCUT2D eigenvalue weighted by Gasteiger charge is -2.16. The van der Waals surface area contributed by atoms with Crippen molar-refractivity contribution in [2.75, 3.05) is 0 Å². The van der Waals surface area contributed by atoms with Crippen LogP contribution in [0.1, 0.15) is 24.1 Å². The SMILES string of the molecule is CC(NC(=O)Cc1ccc(OC(F)F)cc1)c1ccccc1Br. The van der Waals surface area contributed by atoms with Crippen LogP contribution in [0.2, 0.25) is 0 Å². The Hall–Kier alpha value is -1.95. The number of nitrogens with one attached hydrogen (secondary N) is 1. The molecule has 1 unspecified atom stereocenters. The number of ether oxygens (including phenoxy) is 1. The van der Waals surface area contributed by atoms with E-state index in [-0.39, 0.29) is 24.1 Å². The van der Waals surface area contributed by atoms with E-state index in [1.807, 2.05) is 31.2 Å². The lowest BCUT2D eigenvalue weighted by Crippen LogP contribution is -2.28. The van der Waals surface area contributed by atoms with E-state index in [0.29, 0.717) is 0 Å². The number of benzene rings is 2. The molecular formula is C17H16BrF2NO2. The Bertz CT molecular complexity index is 662. The van der Waals surface area contributed by atoms with E-state index >= 15 is 0 Å². The van der Waals surface area contributed by atoms with Crippen molar-refractivity contribution in [3.63, 3.8) is 0 Å². The molecule has 2 aromatic rings. The highest BCUT2D eigenvalue weighted by molar-refractivity contribution is 9.10. The molecule has 0 aliphatic rings. The number of alkyl halides is 2. The van der Waals surface area contributed by atoms with Crippen molar-refractivity contribution in [1.82, 2.24) is 5.32 Å². The number of amides is 1. The third-order valence-electron chi connectivity index (χ3n) is 3.26. The Morgan fingerprint density at radius 3 is 2.43 bits per heavy atom. The molecule has 0 aromatic heterocycles. The van der Waals surface area contributed by atoms with E-state index in [9.17, 15) is 13.6 Å². The fourth-order valence-electron chi connectivity index (χ4n) is 2.17. The molecule has 2 aromatic carbocycles. The average molecular weight is 384 g/mol. The molecule has 1 atom stereocenters. The van der Waals surface area contributed by atoms with Crippen LogP contribution in [-0.2, 0) is 11.2 Å². The molecule has 0 spiro atoms. The smallest absolute Gasteiger partial charge is 0.387 e. The number of hydrogen-bond acceptors (Lipinski definition) is 2. The van der Waals surface area contributed by atoms with Crippen molar-refractivity contribution >= 4 is 21.8 Å². The fourth-order valence-corrected chi connectivity index (χ4v) is 2.80. The molecule has 0 radical (unpaired) electrons. The summed E-state index contributed by atoms with van der Waals surface area (Å²) < 4.78 is 29.4. The lowest BCUT2D eigenvalue weighted by molar-refractivity contribution is -0.121. The minimum Gasteiger partial charge on any atom is -0.435 e. The minimum absolute atomic E-state index is 0.0748. The first-order chi connectivity index (χ1) is 11.0. The van der Waals surface area contributed by atoms with Crippen molar-refractivity contribution in [3.8, 4) is 5.75 Å². The van der Waals surface area contributed by atoms with Gasteiger partial charge in [-0.05, 0) is 36.2 Å². The maximum Gasteiger partial charge on any atom is 0.387 e. The van der Waals surface area contributed by atoms with Gasteiger partial charge in [-0.3, -0.25) is 4.79 Å². The Balaban J connectivity index is 1.93. The molecule has 0 saturated carbocycles. The maximum atomic E-state index is 12.1. The molecule has 6 heteroatoms. The van der Waals surface area contributed by atoms with E-state index < -0.39 is 6.61 Å². The average Bonchev–Trinajstić information content (AvgIpc) is 2.49. The van der Waals surface area contributed by atoms with Gasteiger partial charge in [0.2, 0.25) is 5.91 Å². The predicted octanol–water partition coefficient (Wildman–Crippen LogP) is 4.47. The Morgan fingerprint density at radius 2 is 1.83 bits per heavy atom. The normalized spacial score (nSPS) is 12.0. The van der Waals surface area contributed by atoms with E-state index in [1.54, 1.807) is 12.1 Å². The summed E-state index contributed by atoms with van der Waals surface area (Å²) in [5.41, 5.74) is 1.71. The molecule has 122 valence electrons. The van der Waals surface area contributed by atoms with Gasteiger partial charge in [0.25, 0.3) is 0 Å². The van der Waals surface area contributed by atoms with E-state index in [1.165, 1.54) is 12.1 Å².